The Kier molecular flexibility index (Phi) is 4.16. The molecule has 2 rings (SSSR count). The Morgan fingerprint density at radius 1 is 1.45 bits per heavy atom. The summed E-state index contributed by atoms with van der Waals surface area (Å²) in [7, 11) is 0. The second kappa shape index (κ2) is 5.85. The monoisotopic (exact) mass is 293 g/mol. The summed E-state index contributed by atoms with van der Waals surface area (Å²) in [5.74, 6) is 0.716. The molecule has 0 aliphatic rings. The van der Waals surface area contributed by atoms with Gasteiger partial charge in [-0.2, -0.15) is 0 Å². The van der Waals surface area contributed by atoms with Gasteiger partial charge in [-0.15, -0.1) is 0 Å². The molecule has 0 aliphatic heterocycles. The minimum Gasteiger partial charge on any atom is -0.439 e. The van der Waals surface area contributed by atoms with Gasteiger partial charge in [0.25, 0.3) is 5.69 Å². The number of rotatable bonds is 4. The molecule has 2 N–H and O–H groups in total. The van der Waals surface area contributed by atoms with E-state index in [0.29, 0.717) is 11.6 Å². The van der Waals surface area contributed by atoms with Crippen LogP contribution in [0, 0.1) is 10.1 Å². The fourth-order valence-corrected chi connectivity index (χ4v) is 1.89. The first-order valence-corrected chi connectivity index (χ1v) is 6.19. The summed E-state index contributed by atoms with van der Waals surface area (Å²) in [6, 6.07) is 7.44. The van der Waals surface area contributed by atoms with Crippen LogP contribution in [-0.2, 0) is 0 Å². The average molecular weight is 294 g/mol. The van der Waals surface area contributed by atoms with E-state index < -0.39 is 4.92 Å². The number of nitrogens with zero attached hydrogens (tertiary/aromatic N) is 2. The second-order valence-electron chi connectivity index (χ2n) is 4.16. The summed E-state index contributed by atoms with van der Waals surface area (Å²) in [5, 5.41) is 10.7. The van der Waals surface area contributed by atoms with Gasteiger partial charge in [0, 0.05) is 29.9 Å². The molecule has 0 saturated carbocycles. The number of aromatic nitrogens is 1. The molecule has 2 aromatic rings. The van der Waals surface area contributed by atoms with Crippen molar-refractivity contribution in [1.82, 2.24) is 4.98 Å². The zero-order valence-corrected chi connectivity index (χ0v) is 11.4. The van der Waals surface area contributed by atoms with Crippen molar-refractivity contribution in [1.29, 1.82) is 0 Å². The minimum atomic E-state index is -0.555. The lowest BCUT2D eigenvalue weighted by Gasteiger charge is -2.12. The van der Waals surface area contributed by atoms with Crippen molar-refractivity contribution in [3.8, 4) is 11.6 Å². The lowest BCUT2D eigenvalue weighted by molar-refractivity contribution is -0.384. The van der Waals surface area contributed by atoms with Crippen molar-refractivity contribution in [2.75, 3.05) is 0 Å². The summed E-state index contributed by atoms with van der Waals surface area (Å²) in [6.07, 6.45) is 1.58. The zero-order chi connectivity index (χ0) is 14.7. The van der Waals surface area contributed by atoms with Crippen LogP contribution in [0.2, 0.25) is 5.02 Å². The molecule has 1 atom stereocenters. The maximum atomic E-state index is 10.7. The first-order valence-electron chi connectivity index (χ1n) is 5.81. The third kappa shape index (κ3) is 3.04. The quantitative estimate of drug-likeness (QED) is 0.688. The highest BCUT2D eigenvalue weighted by Gasteiger charge is 2.15. The Morgan fingerprint density at radius 3 is 2.80 bits per heavy atom. The van der Waals surface area contributed by atoms with Crippen LogP contribution in [0.3, 0.4) is 0 Å². The van der Waals surface area contributed by atoms with Crippen LogP contribution in [0.25, 0.3) is 0 Å². The number of hydrogen-bond donors (Lipinski definition) is 1. The van der Waals surface area contributed by atoms with Gasteiger partial charge in [-0.05, 0) is 19.1 Å². The topological polar surface area (TPSA) is 91.3 Å². The van der Waals surface area contributed by atoms with Gasteiger partial charge >= 0.3 is 0 Å². The summed E-state index contributed by atoms with van der Waals surface area (Å²) < 4.78 is 5.59. The Hall–Kier alpha value is -2.18. The van der Waals surface area contributed by atoms with E-state index in [9.17, 15) is 10.1 Å². The first kappa shape index (κ1) is 14.2. The number of ether oxygens (including phenoxy) is 1. The molecule has 1 heterocycles. The van der Waals surface area contributed by atoms with Gasteiger partial charge in [-0.3, -0.25) is 10.1 Å². The molecular weight excluding hydrogens is 282 g/mol. The second-order valence-corrected chi connectivity index (χ2v) is 4.57. The lowest BCUT2D eigenvalue weighted by Crippen LogP contribution is -2.07. The van der Waals surface area contributed by atoms with Crippen LogP contribution < -0.4 is 10.5 Å². The maximum Gasteiger partial charge on any atom is 0.288 e. The van der Waals surface area contributed by atoms with Crippen LogP contribution in [0.15, 0.2) is 36.5 Å². The molecule has 1 aromatic heterocycles. The van der Waals surface area contributed by atoms with E-state index in [-0.39, 0.29) is 16.8 Å². The molecule has 0 amide bonds. The summed E-state index contributed by atoms with van der Waals surface area (Å²) in [4.78, 5) is 14.2. The van der Waals surface area contributed by atoms with Gasteiger partial charge < -0.3 is 10.5 Å². The predicted molar refractivity (Wildman–Crippen MR) is 75.0 cm³/mol. The van der Waals surface area contributed by atoms with Crippen molar-refractivity contribution in [3.63, 3.8) is 0 Å². The van der Waals surface area contributed by atoms with E-state index in [4.69, 9.17) is 22.1 Å². The molecule has 7 heteroatoms. The predicted octanol–water partition coefficient (Wildman–Crippen LogP) is 3.46. The molecule has 104 valence electrons. The van der Waals surface area contributed by atoms with E-state index in [2.05, 4.69) is 4.98 Å². The van der Waals surface area contributed by atoms with Gasteiger partial charge in [0.15, 0.2) is 0 Å². The van der Waals surface area contributed by atoms with E-state index in [1.54, 1.807) is 18.3 Å². The van der Waals surface area contributed by atoms with Crippen LogP contribution in [-0.4, -0.2) is 9.91 Å². The Balaban J connectivity index is 2.31. The Bertz CT molecular complexity index is 647. The van der Waals surface area contributed by atoms with Gasteiger partial charge in [-0.1, -0.05) is 17.7 Å². The van der Waals surface area contributed by atoms with E-state index in [0.717, 1.165) is 5.56 Å². The van der Waals surface area contributed by atoms with Crippen molar-refractivity contribution in [2.24, 2.45) is 5.73 Å². The van der Waals surface area contributed by atoms with Crippen molar-refractivity contribution in [2.45, 2.75) is 13.0 Å². The normalized spacial score (nSPS) is 11.9. The van der Waals surface area contributed by atoms with Crippen LogP contribution >= 0.6 is 11.6 Å². The number of nitrogens with two attached hydrogens (primary N) is 1. The van der Waals surface area contributed by atoms with E-state index in [1.165, 1.54) is 18.2 Å². The molecule has 1 aromatic carbocycles. The molecule has 0 spiro atoms. The van der Waals surface area contributed by atoms with Gasteiger partial charge in [0.1, 0.15) is 10.8 Å². The molecule has 0 bridgehead atoms. The molecule has 0 aliphatic carbocycles. The molecule has 6 nitrogen and oxygen atoms in total. The summed E-state index contributed by atoms with van der Waals surface area (Å²) in [5.41, 5.74) is 6.39. The fraction of sp³-hybridized carbons (Fsp3) is 0.154. The third-order valence-corrected chi connectivity index (χ3v) is 2.92. The Morgan fingerprint density at radius 2 is 2.20 bits per heavy atom. The van der Waals surface area contributed by atoms with Crippen molar-refractivity contribution >= 4 is 17.3 Å². The summed E-state index contributed by atoms with van der Waals surface area (Å²) >= 11 is 5.83. The summed E-state index contributed by atoms with van der Waals surface area (Å²) in [6.45, 7) is 1.81. The van der Waals surface area contributed by atoms with E-state index >= 15 is 0 Å². The number of nitro benzene ring substituents is 1. The molecule has 1 unspecified atom stereocenters. The van der Waals surface area contributed by atoms with Crippen molar-refractivity contribution in [3.05, 3.63) is 57.2 Å². The third-order valence-electron chi connectivity index (χ3n) is 2.62. The zero-order valence-electron chi connectivity index (χ0n) is 10.6. The molecular formula is C13H12ClN3O3. The van der Waals surface area contributed by atoms with Crippen LogP contribution in [0.4, 0.5) is 5.69 Å². The standard InChI is InChI=1S/C13H12ClN3O3/c1-8(15)10-3-2-6-16-13(10)20-9-4-5-12(17(18)19)11(14)7-9/h2-8H,15H2,1H3. The highest BCUT2D eigenvalue weighted by molar-refractivity contribution is 6.32. The molecule has 0 fully saturated rings. The van der Waals surface area contributed by atoms with Gasteiger partial charge in [0.2, 0.25) is 5.88 Å². The number of pyridine rings is 1. The van der Waals surface area contributed by atoms with Gasteiger partial charge in [-0.25, -0.2) is 4.98 Å². The van der Waals surface area contributed by atoms with Gasteiger partial charge in [0.05, 0.1) is 4.92 Å². The fourth-order valence-electron chi connectivity index (χ4n) is 1.65. The maximum absolute atomic E-state index is 10.7. The smallest absolute Gasteiger partial charge is 0.288 e. The van der Waals surface area contributed by atoms with Crippen molar-refractivity contribution < 1.29 is 9.66 Å². The van der Waals surface area contributed by atoms with Crippen LogP contribution in [0.5, 0.6) is 11.6 Å². The molecule has 20 heavy (non-hydrogen) atoms. The number of hydrogen-bond acceptors (Lipinski definition) is 5. The SMILES string of the molecule is CC(N)c1cccnc1Oc1ccc([N+](=O)[O-])c(Cl)c1. The Labute approximate surface area is 120 Å². The van der Waals surface area contributed by atoms with Crippen LogP contribution in [0.1, 0.15) is 18.5 Å². The van der Waals surface area contributed by atoms with E-state index in [1.807, 2.05) is 6.92 Å². The number of nitro groups is 1. The highest BCUT2D eigenvalue weighted by atomic mass is 35.5. The number of halogens is 1. The first-order chi connectivity index (χ1) is 9.49. The average Bonchev–Trinajstić information content (AvgIpc) is 2.38. The lowest BCUT2D eigenvalue weighted by atomic mass is 10.1. The molecule has 0 radical (unpaired) electrons. The largest absolute Gasteiger partial charge is 0.439 e. The highest BCUT2D eigenvalue weighted by Crippen LogP contribution is 2.32. The molecule has 0 saturated heterocycles. The minimum absolute atomic E-state index is 0.00535. The number of benzene rings is 1.